The van der Waals surface area contributed by atoms with Crippen molar-refractivity contribution in [1.29, 1.82) is 0 Å². The molecule has 2 heteroatoms. The van der Waals surface area contributed by atoms with Gasteiger partial charge in [0.1, 0.15) is 0 Å². The summed E-state index contributed by atoms with van der Waals surface area (Å²) in [6.07, 6.45) is 8.41. The highest BCUT2D eigenvalue weighted by atomic mass is 16.3. The van der Waals surface area contributed by atoms with Crippen molar-refractivity contribution >= 4 is 0 Å². The van der Waals surface area contributed by atoms with Crippen molar-refractivity contribution in [1.82, 2.24) is 5.32 Å². The molecule has 0 heterocycles. The van der Waals surface area contributed by atoms with Crippen LogP contribution in [0.2, 0.25) is 0 Å². The van der Waals surface area contributed by atoms with Crippen LogP contribution in [-0.4, -0.2) is 23.3 Å². The lowest BCUT2D eigenvalue weighted by Crippen LogP contribution is -2.41. The van der Waals surface area contributed by atoms with Crippen molar-refractivity contribution in [2.24, 2.45) is 0 Å². The van der Waals surface area contributed by atoms with Crippen LogP contribution < -0.4 is 5.32 Å². The van der Waals surface area contributed by atoms with Gasteiger partial charge >= 0.3 is 0 Å². The zero-order valence-electron chi connectivity index (χ0n) is 9.63. The van der Waals surface area contributed by atoms with Gasteiger partial charge in [0, 0.05) is 12.1 Å². The van der Waals surface area contributed by atoms with E-state index >= 15 is 0 Å². The summed E-state index contributed by atoms with van der Waals surface area (Å²) in [5.41, 5.74) is 0. The van der Waals surface area contributed by atoms with Gasteiger partial charge in [0.25, 0.3) is 0 Å². The Morgan fingerprint density at radius 2 is 2.14 bits per heavy atom. The van der Waals surface area contributed by atoms with Gasteiger partial charge in [-0.3, -0.25) is 0 Å². The van der Waals surface area contributed by atoms with E-state index in [1.54, 1.807) is 0 Å². The first kappa shape index (κ1) is 12.0. The number of nitrogens with one attached hydrogen (secondary N) is 1. The third kappa shape index (κ3) is 3.97. The fraction of sp³-hybridized carbons (Fsp3) is 1.00. The predicted octanol–water partition coefficient (Wildman–Crippen LogP) is 2.46. The van der Waals surface area contributed by atoms with E-state index in [9.17, 15) is 5.11 Å². The molecule has 0 spiro atoms. The second-order valence-corrected chi connectivity index (χ2v) is 4.67. The number of rotatable bonds is 6. The Bertz CT molecular complexity index is 149. The third-order valence-corrected chi connectivity index (χ3v) is 3.22. The fourth-order valence-electron chi connectivity index (χ4n) is 2.28. The Labute approximate surface area is 88.1 Å². The second-order valence-electron chi connectivity index (χ2n) is 4.67. The molecule has 0 radical (unpaired) electrons. The highest BCUT2D eigenvalue weighted by molar-refractivity contribution is 4.84. The van der Waals surface area contributed by atoms with Crippen LogP contribution in [0.5, 0.6) is 0 Å². The van der Waals surface area contributed by atoms with Crippen LogP contribution in [-0.2, 0) is 0 Å². The molecule has 0 bridgehead atoms. The molecule has 1 rings (SSSR count). The molecule has 2 nitrogen and oxygen atoms in total. The summed E-state index contributed by atoms with van der Waals surface area (Å²) in [7, 11) is 0. The molecule has 1 aliphatic rings. The third-order valence-electron chi connectivity index (χ3n) is 3.22. The number of hydrogen-bond acceptors (Lipinski definition) is 2. The minimum Gasteiger partial charge on any atom is -0.392 e. The molecule has 14 heavy (non-hydrogen) atoms. The van der Waals surface area contributed by atoms with E-state index in [1.165, 1.54) is 32.1 Å². The Kier molecular flexibility index (Phi) is 5.49. The largest absolute Gasteiger partial charge is 0.392 e. The molecule has 3 atom stereocenters. The Morgan fingerprint density at radius 3 is 2.71 bits per heavy atom. The Hall–Kier alpha value is -0.0800. The number of aliphatic hydroxyl groups excluding tert-OH is 1. The molecule has 0 saturated heterocycles. The van der Waals surface area contributed by atoms with Gasteiger partial charge in [-0.1, -0.05) is 26.2 Å². The van der Waals surface area contributed by atoms with E-state index < -0.39 is 0 Å². The summed E-state index contributed by atoms with van der Waals surface area (Å²) in [5.74, 6) is 0. The molecule has 1 saturated carbocycles. The van der Waals surface area contributed by atoms with Crippen molar-refractivity contribution < 1.29 is 5.11 Å². The maximum Gasteiger partial charge on any atom is 0.0693 e. The first-order chi connectivity index (χ1) is 6.74. The van der Waals surface area contributed by atoms with Gasteiger partial charge in [-0.05, 0) is 32.6 Å². The van der Waals surface area contributed by atoms with Gasteiger partial charge in [0.2, 0.25) is 0 Å². The molecular weight excluding hydrogens is 174 g/mol. The zero-order chi connectivity index (χ0) is 10.4. The monoisotopic (exact) mass is 199 g/mol. The minimum absolute atomic E-state index is 0.0939. The van der Waals surface area contributed by atoms with Gasteiger partial charge in [0.15, 0.2) is 0 Å². The van der Waals surface area contributed by atoms with E-state index in [-0.39, 0.29) is 6.10 Å². The molecule has 1 unspecified atom stereocenters. The van der Waals surface area contributed by atoms with Crippen molar-refractivity contribution in [2.75, 3.05) is 0 Å². The minimum atomic E-state index is -0.0939. The van der Waals surface area contributed by atoms with Crippen LogP contribution >= 0.6 is 0 Å². The average Bonchev–Trinajstić information content (AvgIpc) is 2.52. The zero-order valence-corrected chi connectivity index (χ0v) is 9.63. The topological polar surface area (TPSA) is 32.3 Å². The van der Waals surface area contributed by atoms with Gasteiger partial charge in [-0.2, -0.15) is 0 Å². The lowest BCUT2D eigenvalue weighted by Gasteiger charge is -2.21. The first-order valence-corrected chi connectivity index (χ1v) is 6.18. The summed E-state index contributed by atoms with van der Waals surface area (Å²) in [5, 5.41) is 13.2. The van der Waals surface area contributed by atoms with Crippen molar-refractivity contribution in [3.05, 3.63) is 0 Å². The number of hydrogen-bond donors (Lipinski definition) is 2. The van der Waals surface area contributed by atoms with Gasteiger partial charge < -0.3 is 10.4 Å². The summed E-state index contributed by atoms with van der Waals surface area (Å²) >= 11 is 0. The van der Waals surface area contributed by atoms with Gasteiger partial charge in [-0.25, -0.2) is 0 Å². The molecule has 0 aromatic carbocycles. The summed E-state index contributed by atoms with van der Waals surface area (Å²) in [6.45, 7) is 4.47. The molecule has 1 aliphatic carbocycles. The maximum atomic E-state index is 9.65. The predicted molar refractivity (Wildman–Crippen MR) is 60.4 cm³/mol. The van der Waals surface area contributed by atoms with Crippen molar-refractivity contribution in [2.45, 2.75) is 77.0 Å². The van der Waals surface area contributed by atoms with Crippen molar-refractivity contribution in [3.63, 3.8) is 0 Å². The van der Waals surface area contributed by atoms with E-state index in [0.717, 1.165) is 12.8 Å². The highest BCUT2D eigenvalue weighted by Gasteiger charge is 2.25. The van der Waals surface area contributed by atoms with Gasteiger partial charge in [0.05, 0.1) is 6.10 Å². The summed E-state index contributed by atoms with van der Waals surface area (Å²) in [6, 6.07) is 0.936. The van der Waals surface area contributed by atoms with Crippen LogP contribution in [0, 0.1) is 0 Å². The Balaban J connectivity index is 2.09. The highest BCUT2D eigenvalue weighted by Crippen LogP contribution is 2.19. The summed E-state index contributed by atoms with van der Waals surface area (Å²) in [4.78, 5) is 0. The molecule has 84 valence electrons. The van der Waals surface area contributed by atoms with Crippen LogP contribution in [0.25, 0.3) is 0 Å². The Morgan fingerprint density at radius 1 is 1.36 bits per heavy atom. The molecule has 1 fully saturated rings. The van der Waals surface area contributed by atoms with E-state index in [4.69, 9.17) is 0 Å². The van der Waals surface area contributed by atoms with Crippen LogP contribution in [0.15, 0.2) is 0 Å². The first-order valence-electron chi connectivity index (χ1n) is 6.18. The van der Waals surface area contributed by atoms with E-state index in [2.05, 4.69) is 19.2 Å². The number of aliphatic hydroxyl groups is 1. The quantitative estimate of drug-likeness (QED) is 0.644. The van der Waals surface area contributed by atoms with E-state index in [1.807, 2.05) is 0 Å². The molecule has 0 amide bonds. The maximum absolute atomic E-state index is 9.65. The van der Waals surface area contributed by atoms with Crippen LogP contribution in [0.4, 0.5) is 0 Å². The molecule has 0 aromatic heterocycles. The molecule has 0 aromatic rings. The standard InChI is InChI=1S/C12H25NO/c1-3-4-5-7-10(2)13-11-8-6-9-12(11)14/h10-14H,3-9H2,1-2H3/t10?,11-,12-/m1/s1. The van der Waals surface area contributed by atoms with Gasteiger partial charge in [-0.15, -0.1) is 0 Å². The molecule has 0 aliphatic heterocycles. The normalized spacial score (nSPS) is 29.4. The lowest BCUT2D eigenvalue weighted by atomic mass is 10.1. The van der Waals surface area contributed by atoms with Crippen LogP contribution in [0.3, 0.4) is 0 Å². The molecule has 2 N–H and O–H groups in total. The van der Waals surface area contributed by atoms with E-state index in [0.29, 0.717) is 12.1 Å². The summed E-state index contributed by atoms with van der Waals surface area (Å²) < 4.78 is 0. The van der Waals surface area contributed by atoms with Crippen molar-refractivity contribution in [3.8, 4) is 0 Å². The fourth-order valence-corrected chi connectivity index (χ4v) is 2.28. The second kappa shape index (κ2) is 6.41. The lowest BCUT2D eigenvalue weighted by molar-refractivity contribution is 0.143. The molecular formula is C12H25NO. The SMILES string of the molecule is CCCCCC(C)N[C@@H]1CCC[C@H]1O. The average molecular weight is 199 g/mol. The smallest absolute Gasteiger partial charge is 0.0693 e. The number of unbranched alkanes of at least 4 members (excludes halogenated alkanes) is 2. The van der Waals surface area contributed by atoms with Crippen LogP contribution in [0.1, 0.15) is 58.8 Å².